The van der Waals surface area contributed by atoms with Gasteiger partial charge in [-0.1, -0.05) is 54.1 Å². The van der Waals surface area contributed by atoms with E-state index in [0.29, 0.717) is 17.3 Å². The zero-order valence-electron chi connectivity index (χ0n) is 15.5. The van der Waals surface area contributed by atoms with E-state index in [1.54, 1.807) is 18.2 Å². The molecule has 0 bridgehead atoms. The number of aryl methyl sites for hydroxylation is 2. The molecule has 148 valence electrons. The molecule has 29 heavy (non-hydrogen) atoms. The quantitative estimate of drug-likeness (QED) is 0.501. The van der Waals surface area contributed by atoms with Gasteiger partial charge in [-0.05, 0) is 53.4 Å². The van der Waals surface area contributed by atoms with Crippen molar-refractivity contribution in [2.24, 2.45) is 0 Å². The number of hydrogen-bond acceptors (Lipinski definition) is 5. The van der Waals surface area contributed by atoms with Gasteiger partial charge in [-0.25, -0.2) is 0 Å². The molecule has 1 heterocycles. The Bertz CT molecular complexity index is 1270. The molecule has 0 amide bonds. The first-order valence-corrected chi connectivity index (χ1v) is 11.0. The molecule has 0 atom stereocenters. The van der Waals surface area contributed by atoms with Crippen LogP contribution < -0.4 is 5.73 Å². The van der Waals surface area contributed by atoms with Gasteiger partial charge in [0.15, 0.2) is 5.82 Å². The highest BCUT2D eigenvalue weighted by Crippen LogP contribution is 2.22. The largest absolute Gasteiger partial charge is 0.367 e. The molecule has 3 aromatic carbocycles. The molecule has 1 aromatic heterocycles. The van der Waals surface area contributed by atoms with Crippen molar-refractivity contribution in [1.29, 1.82) is 0 Å². The Hall–Kier alpha value is -2.90. The van der Waals surface area contributed by atoms with E-state index >= 15 is 0 Å². The van der Waals surface area contributed by atoms with Crippen molar-refractivity contribution < 1.29 is 8.42 Å². The van der Waals surface area contributed by atoms with E-state index in [9.17, 15) is 8.42 Å². The molecule has 4 rings (SSSR count). The second-order valence-corrected chi connectivity index (χ2v) is 8.93. The summed E-state index contributed by atoms with van der Waals surface area (Å²) >= 11 is 5.89. The predicted molar refractivity (Wildman–Crippen MR) is 114 cm³/mol. The van der Waals surface area contributed by atoms with Crippen LogP contribution in [0.3, 0.4) is 0 Å². The van der Waals surface area contributed by atoms with E-state index in [1.165, 1.54) is 0 Å². The number of rotatable bonds is 6. The Kier molecular flexibility index (Phi) is 5.25. The van der Waals surface area contributed by atoms with Crippen LogP contribution in [0.5, 0.6) is 0 Å². The number of hydrogen-bond donors (Lipinski definition) is 1. The number of aromatic nitrogens is 3. The topological polar surface area (TPSA) is 90.9 Å². The molecular formula is C21H19ClN4O2S. The second kappa shape index (κ2) is 7.85. The third-order valence-electron chi connectivity index (χ3n) is 4.67. The number of benzene rings is 3. The van der Waals surface area contributed by atoms with Gasteiger partial charge in [0, 0.05) is 11.4 Å². The van der Waals surface area contributed by atoms with Crippen LogP contribution in [-0.4, -0.2) is 22.6 Å². The molecule has 0 saturated carbocycles. The van der Waals surface area contributed by atoms with E-state index in [0.717, 1.165) is 33.3 Å². The van der Waals surface area contributed by atoms with Crippen molar-refractivity contribution >= 4 is 38.3 Å². The lowest BCUT2D eigenvalue weighted by molar-refractivity contribution is 0.580. The monoisotopic (exact) mass is 426 g/mol. The summed E-state index contributed by atoms with van der Waals surface area (Å²) in [5.41, 5.74) is 7.02. The van der Waals surface area contributed by atoms with Gasteiger partial charge < -0.3 is 5.73 Å². The Morgan fingerprint density at radius 2 is 1.66 bits per heavy atom. The minimum absolute atomic E-state index is 0.125. The van der Waals surface area contributed by atoms with E-state index < -0.39 is 10.0 Å². The van der Waals surface area contributed by atoms with Crippen molar-refractivity contribution in [3.63, 3.8) is 0 Å². The number of halogens is 1. The molecule has 0 spiro atoms. The van der Waals surface area contributed by atoms with Gasteiger partial charge in [-0.3, -0.25) is 0 Å². The van der Waals surface area contributed by atoms with E-state index in [4.69, 9.17) is 17.3 Å². The average Bonchev–Trinajstić information content (AvgIpc) is 3.10. The minimum Gasteiger partial charge on any atom is -0.367 e. The standard InChI is InChI=1S/C21H19ClN4O2S/c22-18-11-8-15(9-12-18)4-3-7-20-24-21(23)26(25-20)29(27,28)19-13-10-16-5-1-2-6-17(16)14-19/h1-2,5-6,8-14H,3-4,7H2,(H2,23,24,25). The third kappa shape index (κ3) is 4.11. The highest BCUT2D eigenvalue weighted by molar-refractivity contribution is 7.90. The first-order valence-electron chi connectivity index (χ1n) is 9.14. The SMILES string of the molecule is Nc1nc(CCCc2ccc(Cl)cc2)nn1S(=O)(=O)c1ccc2ccccc2c1. The van der Waals surface area contributed by atoms with Crippen molar-refractivity contribution in [2.45, 2.75) is 24.2 Å². The van der Waals surface area contributed by atoms with Crippen LogP contribution in [0.2, 0.25) is 5.02 Å². The Balaban J connectivity index is 1.53. The van der Waals surface area contributed by atoms with Gasteiger partial charge in [-0.2, -0.15) is 13.4 Å². The summed E-state index contributed by atoms with van der Waals surface area (Å²) in [7, 11) is -3.92. The van der Waals surface area contributed by atoms with Gasteiger partial charge in [0.25, 0.3) is 10.0 Å². The van der Waals surface area contributed by atoms with Crippen molar-refractivity contribution in [1.82, 2.24) is 14.2 Å². The smallest absolute Gasteiger partial charge is 0.286 e. The number of nitrogens with zero attached hydrogens (tertiary/aromatic N) is 3. The molecule has 0 aliphatic rings. The number of nitrogen functional groups attached to an aromatic ring is 1. The maximum absolute atomic E-state index is 13.0. The maximum atomic E-state index is 13.0. The minimum atomic E-state index is -3.92. The summed E-state index contributed by atoms with van der Waals surface area (Å²) in [5.74, 6) is 0.264. The van der Waals surface area contributed by atoms with Gasteiger partial charge in [-0.15, -0.1) is 9.19 Å². The highest BCUT2D eigenvalue weighted by Gasteiger charge is 2.23. The Labute approximate surface area is 174 Å². The van der Waals surface area contributed by atoms with Crippen LogP contribution in [-0.2, 0) is 22.9 Å². The lowest BCUT2D eigenvalue weighted by Gasteiger charge is -2.06. The summed E-state index contributed by atoms with van der Waals surface area (Å²) in [6.45, 7) is 0. The molecular weight excluding hydrogens is 408 g/mol. The summed E-state index contributed by atoms with van der Waals surface area (Å²) in [6, 6.07) is 20.1. The molecule has 8 heteroatoms. The van der Waals surface area contributed by atoms with E-state index in [2.05, 4.69) is 10.1 Å². The molecule has 0 aliphatic carbocycles. The molecule has 0 saturated heterocycles. The van der Waals surface area contributed by atoms with Gasteiger partial charge in [0.2, 0.25) is 5.95 Å². The summed E-state index contributed by atoms with van der Waals surface area (Å²) in [6.07, 6.45) is 2.09. The zero-order chi connectivity index (χ0) is 20.4. The van der Waals surface area contributed by atoms with Gasteiger partial charge >= 0.3 is 0 Å². The first kappa shape index (κ1) is 19.4. The van der Waals surface area contributed by atoms with Crippen LogP contribution >= 0.6 is 11.6 Å². The molecule has 0 unspecified atom stereocenters. The molecule has 2 N–H and O–H groups in total. The third-order valence-corrected chi connectivity index (χ3v) is 6.50. The first-order chi connectivity index (χ1) is 13.9. The number of nitrogens with two attached hydrogens (primary N) is 1. The summed E-state index contributed by atoms with van der Waals surface area (Å²) < 4.78 is 26.8. The van der Waals surface area contributed by atoms with E-state index in [-0.39, 0.29) is 10.8 Å². The van der Waals surface area contributed by atoms with Crippen LogP contribution in [0.15, 0.2) is 71.6 Å². The number of anilines is 1. The maximum Gasteiger partial charge on any atom is 0.286 e. The fourth-order valence-corrected chi connectivity index (χ4v) is 4.50. The summed E-state index contributed by atoms with van der Waals surface area (Å²) in [5, 5.41) is 6.64. The van der Waals surface area contributed by atoms with Crippen LogP contribution in [0.1, 0.15) is 17.8 Å². The fourth-order valence-electron chi connectivity index (χ4n) is 3.17. The molecule has 6 nitrogen and oxygen atoms in total. The van der Waals surface area contributed by atoms with Crippen molar-refractivity contribution in [2.75, 3.05) is 5.73 Å². The van der Waals surface area contributed by atoms with Crippen LogP contribution in [0, 0.1) is 0 Å². The normalized spacial score (nSPS) is 11.8. The van der Waals surface area contributed by atoms with Crippen LogP contribution in [0.25, 0.3) is 10.8 Å². The lowest BCUT2D eigenvalue weighted by Crippen LogP contribution is -2.17. The van der Waals surface area contributed by atoms with Crippen molar-refractivity contribution in [3.8, 4) is 0 Å². The Morgan fingerprint density at radius 3 is 2.41 bits per heavy atom. The van der Waals surface area contributed by atoms with Crippen LogP contribution in [0.4, 0.5) is 5.95 Å². The molecule has 0 radical (unpaired) electrons. The van der Waals surface area contributed by atoms with Crippen molar-refractivity contribution in [3.05, 3.63) is 83.1 Å². The van der Waals surface area contributed by atoms with Gasteiger partial charge in [0.05, 0.1) is 4.90 Å². The molecule has 4 aromatic rings. The lowest BCUT2D eigenvalue weighted by atomic mass is 10.1. The molecule has 0 fully saturated rings. The molecule has 0 aliphatic heterocycles. The second-order valence-electron chi connectivity index (χ2n) is 6.72. The summed E-state index contributed by atoms with van der Waals surface area (Å²) in [4.78, 5) is 4.26. The fraction of sp³-hybridized carbons (Fsp3) is 0.143. The van der Waals surface area contributed by atoms with E-state index in [1.807, 2.05) is 48.5 Å². The Morgan fingerprint density at radius 1 is 0.931 bits per heavy atom. The zero-order valence-corrected chi connectivity index (χ0v) is 17.1. The van der Waals surface area contributed by atoms with Gasteiger partial charge in [0.1, 0.15) is 0 Å². The number of fused-ring (bicyclic) bond motifs is 1. The average molecular weight is 427 g/mol. The predicted octanol–water partition coefficient (Wildman–Crippen LogP) is 4.08. The highest BCUT2D eigenvalue weighted by atomic mass is 35.5.